The summed E-state index contributed by atoms with van der Waals surface area (Å²) in [6, 6.07) is 7.60. The molecule has 0 N–H and O–H groups in total. The van der Waals surface area contributed by atoms with Gasteiger partial charge in [0.2, 0.25) is 0 Å². The van der Waals surface area contributed by atoms with Gasteiger partial charge in [0.15, 0.2) is 0 Å². The van der Waals surface area contributed by atoms with Crippen molar-refractivity contribution >= 4 is 17.5 Å². The SMILES string of the molecule is CN(C)c1cccc(C(=O)N2CCCN(C(=O)c3cnccn3)CC2)c1. The monoisotopic (exact) mass is 353 g/mol. The molecule has 1 aliphatic heterocycles. The molecule has 1 fully saturated rings. The first-order valence-electron chi connectivity index (χ1n) is 8.68. The van der Waals surface area contributed by atoms with Gasteiger partial charge in [0.05, 0.1) is 6.20 Å². The molecule has 0 spiro atoms. The van der Waals surface area contributed by atoms with Crippen molar-refractivity contribution in [3.8, 4) is 0 Å². The molecule has 0 bridgehead atoms. The summed E-state index contributed by atoms with van der Waals surface area (Å²) in [6.45, 7) is 2.25. The van der Waals surface area contributed by atoms with Crippen LogP contribution in [-0.2, 0) is 0 Å². The van der Waals surface area contributed by atoms with Gasteiger partial charge in [-0.05, 0) is 24.6 Å². The zero-order valence-corrected chi connectivity index (χ0v) is 15.1. The number of hydrogen-bond donors (Lipinski definition) is 0. The number of benzene rings is 1. The van der Waals surface area contributed by atoms with Gasteiger partial charge in [-0.25, -0.2) is 4.98 Å². The second kappa shape index (κ2) is 7.95. The Kier molecular flexibility index (Phi) is 5.46. The first-order chi connectivity index (χ1) is 12.6. The lowest BCUT2D eigenvalue weighted by molar-refractivity contribution is 0.0715. The van der Waals surface area contributed by atoms with E-state index >= 15 is 0 Å². The highest BCUT2D eigenvalue weighted by molar-refractivity contribution is 5.95. The molecule has 0 unspecified atom stereocenters. The standard InChI is InChI=1S/C19H23N5O2/c1-22(2)16-6-3-5-15(13-16)18(25)23-9-4-10-24(12-11-23)19(26)17-14-20-7-8-21-17/h3,5-8,13-14H,4,9-12H2,1-2H3. The van der Waals surface area contributed by atoms with Crippen LogP contribution in [0.5, 0.6) is 0 Å². The average molecular weight is 353 g/mol. The predicted molar refractivity (Wildman–Crippen MR) is 99.2 cm³/mol. The fraction of sp³-hybridized carbons (Fsp3) is 0.368. The number of carbonyl (C=O) groups excluding carboxylic acids is 2. The zero-order chi connectivity index (χ0) is 18.5. The van der Waals surface area contributed by atoms with Crippen LogP contribution in [0.25, 0.3) is 0 Å². The maximum atomic E-state index is 12.9. The van der Waals surface area contributed by atoms with Crippen LogP contribution in [0.2, 0.25) is 0 Å². The Bertz CT molecular complexity index is 779. The molecule has 7 heteroatoms. The number of anilines is 1. The van der Waals surface area contributed by atoms with Gasteiger partial charge >= 0.3 is 0 Å². The number of nitrogens with zero attached hydrogens (tertiary/aromatic N) is 5. The predicted octanol–water partition coefficient (Wildman–Crippen LogP) is 1.53. The lowest BCUT2D eigenvalue weighted by Crippen LogP contribution is -2.37. The lowest BCUT2D eigenvalue weighted by atomic mass is 10.1. The molecule has 136 valence electrons. The molecule has 7 nitrogen and oxygen atoms in total. The topological polar surface area (TPSA) is 69.6 Å². The minimum Gasteiger partial charge on any atom is -0.378 e. The van der Waals surface area contributed by atoms with E-state index in [1.807, 2.05) is 48.2 Å². The van der Waals surface area contributed by atoms with Crippen LogP contribution in [0.3, 0.4) is 0 Å². The highest BCUT2D eigenvalue weighted by atomic mass is 16.2. The Labute approximate surface area is 153 Å². The van der Waals surface area contributed by atoms with E-state index in [4.69, 9.17) is 0 Å². The summed E-state index contributed by atoms with van der Waals surface area (Å²) in [5.74, 6) is -0.135. The Hall–Kier alpha value is -2.96. The summed E-state index contributed by atoms with van der Waals surface area (Å²) in [5.41, 5.74) is 2.00. The first-order valence-corrected chi connectivity index (χ1v) is 8.68. The van der Waals surface area contributed by atoms with Gasteiger partial charge in [-0.2, -0.15) is 0 Å². The maximum Gasteiger partial charge on any atom is 0.274 e. The van der Waals surface area contributed by atoms with Gasteiger partial charge in [0.1, 0.15) is 5.69 Å². The van der Waals surface area contributed by atoms with Crippen molar-refractivity contribution in [2.45, 2.75) is 6.42 Å². The fourth-order valence-corrected chi connectivity index (χ4v) is 2.99. The number of carbonyl (C=O) groups is 2. The third-order valence-corrected chi connectivity index (χ3v) is 4.46. The van der Waals surface area contributed by atoms with Gasteiger partial charge < -0.3 is 14.7 Å². The Morgan fingerprint density at radius 2 is 1.73 bits per heavy atom. The van der Waals surface area contributed by atoms with Crippen molar-refractivity contribution in [2.75, 3.05) is 45.2 Å². The van der Waals surface area contributed by atoms with Crippen LogP contribution in [0, 0.1) is 0 Å². The van der Waals surface area contributed by atoms with E-state index in [9.17, 15) is 9.59 Å². The Morgan fingerprint density at radius 1 is 1.00 bits per heavy atom. The van der Waals surface area contributed by atoms with Crippen molar-refractivity contribution in [1.82, 2.24) is 19.8 Å². The van der Waals surface area contributed by atoms with Gasteiger partial charge in [0, 0.05) is 63.9 Å². The molecular formula is C19H23N5O2. The molecular weight excluding hydrogens is 330 g/mol. The van der Waals surface area contributed by atoms with Crippen LogP contribution in [-0.4, -0.2) is 71.9 Å². The molecule has 3 rings (SSSR count). The van der Waals surface area contributed by atoms with Crippen LogP contribution in [0.4, 0.5) is 5.69 Å². The maximum absolute atomic E-state index is 12.9. The summed E-state index contributed by atoms with van der Waals surface area (Å²) < 4.78 is 0. The second-order valence-corrected chi connectivity index (χ2v) is 6.47. The zero-order valence-electron chi connectivity index (χ0n) is 15.1. The summed E-state index contributed by atoms with van der Waals surface area (Å²) in [6.07, 6.45) is 5.27. The second-order valence-electron chi connectivity index (χ2n) is 6.47. The molecule has 2 aromatic rings. The largest absolute Gasteiger partial charge is 0.378 e. The molecule has 1 aromatic carbocycles. The molecule has 0 saturated carbocycles. The summed E-state index contributed by atoms with van der Waals surface area (Å²) >= 11 is 0. The van der Waals surface area contributed by atoms with E-state index in [0.717, 1.165) is 12.1 Å². The molecule has 2 amide bonds. The van der Waals surface area contributed by atoms with Crippen LogP contribution in [0.15, 0.2) is 42.9 Å². The van der Waals surface area contributed by atoms with Crippen LogP contribution in [0.1, 0.15) is 27.3 Å². The minimum absolute atomic E-state index is 0.00232. The van der Waals surface area contributed by atoms with Crippen molar-refractivity contribution < 1.29 is 9.59 Å². The third-order valence-electron chi connectivity index (χ3n) is 4.46. The molecule has 0 aliphatic carbocycles. The van der Waals surface area contributed by atoms with Crippen LogP contribution >= 0.6 is 0 Å². The van der Waals surface area contributed by atoms with E-state index in [1.54, 1.807) is 11.1 Å². The number of rotatable bonds is 3. The Morgan fingerprint density at radius 3 is 2.38 bits per heavy atom. The van der Waals surface area contributed by atoms with E-state index in [2.05, 4.69) is 9.97 Å². The molecule has 0 atom stereocenters. The Balaban J connectivity index is 1.67. The third kappa shape index (κ3) is 3.99. The molecule has 0 radical (unpaired) electrons. The summed E-state index contributed by atoms with van der Waals surface area (Å²) in [5, 5.41) is 0. The van der Waals surface area contributed by atoms with Crippen molar-refractivity contribution in [3.05, 3.63) is 54.1 Å². The van der Waals surface area contributed by atoms with Gasteiger partial charge in [-0.15, -0.1) is 0 Å². The molecule has 26 heavy (non-hydrogen) atoms. The van der Waals surface area contributed by atoms with E-state index in [-0.39, 0.29) is 11.8 Å². The van der Waals surface area contributed by atoms with E-state index < -0.39 is 0 Å². The van der Waals surface area contributed by atoms with E-state index in [1.165, 1.54) is 12.4 Å². The van der Waals surface area contributed by atoms with Crippen molar-refractivity contribution in [2.24, 2.45) is 0 Å². The number of hydrogen-bond acceptors (Lipinski definition) is 5. The van der Waals surface area contributed by atoms with E-state index in [0.29, 0.717) is 37.4 Å². The highest BCUT2D eigenvalue weighted by Crippen LogP contribution is 2.16. The molecule has 2 heterocycles. The normalized spacial score (nSPS) is 14.7. The summed E-state index contributed by atoms with van der Waals surface area (Å²) in [7, 11) is 3.90. The van der Waals surface area contributed by atoms with Crippen molar-refractivity contribution in [3.63, 3.8) is 0 Å². The highest BCUT2D eigenvalue weighted by Gasteiger charge is 2.24. The quantitative estimate of drug-likeness (QED) is 0.837. The van der Waals surface area contributed by atoms with Crippen molar-refractivity contribution in [1.29, 1.82) is 0 Å². The molecule has 1 aromatic heterocycles. The smallest absolute Gasteiger partial charge is 0.274 e. The minimum atomic E-state index is -0.137. The number of aromatic nitrogens is 2. The average Bonchev–Trinajstić information content (AvgIpc) is 2.94. The fourth-order valence-electron chi connectivity index (χ4n) is 2.99. The van der Waals surface area contributed by atoms with Gasteiger partial charge in [-0.1, -0.05) is 6.07 Å². The number of amides is 2. The molecule has 1 aliphatic rings. The summed E-state index contributed by atoms with van der Waals surface area (Å²) in [4.78, 5) is 38.9. The van der Waals surface area contributed by atoms with Gasteiger partial charge in [0.25, 0.3) is 11.8 Å². The van der Waals surface area contributed by atoms with Gasteiger partial charge in [-0.3, -0.25) is 14.6 Å². The molecule has 1 saturated heterocycles. The van der Waals surface area contributed by atoms with Crippen LogP contribution < -0.4 is 4.90 Å². The lowest BCUT2D eigenvalue weighted by Gasteiger charge is -2.22. The first kappa shape index (κ1) is 17.8.